The van der Waals surface area contributed by atoms with E-state index in [0.29, 0.717) is 11.3 Å². The van der Waals surface area contributed by atoms with Crippen LogP contribution in [0.25, 0.3) is 0 Å². The van der Waals surface area contributed by atoms with E-state index >= 15 is 0 Å². The molecule has 2 N–H and O–H groups in total. The van der Waals surface area contributed by atoms with Gasteiger partial charge in [0.15, 0.2) is 0 Å². The highest BCUT2D eigenvalue weighted by atomic mass is 35.5. The number of phenolic OH excluding ortho intramolecular Hbond substituents is 1. The summed E-state index contributed by atoms with van der Waals surface area (Å²) < 4.78 is 26.8. The van der Waals surface area contributed by atoms with Crippen molar-refractivity contribution < 1.29 is 13.5 Å². The van der Waals surface area contributed by atoms with Crippen LogP contribution in [0.15, 0.2) is 47.4 Å². The minimum Gasteiger partial charge on any atom is -0.506 e. The first-order valence-corrected chi connectivity index (χ1v) is 7.33. The van der Waals surface area contributed by atoms with Crippen molar-refractivity contribution in [3.8, 4) is 5.75 Å². The van der Waals surface area contributed by atoms with Crippen molar-refractivity contribution in [3.63, 3.8) is 0 Å². The van der Waals surface area contributed by atoms with Crippen molar-refractivity contribution in [1.29, 1.82) is 0 Å². The molecule has 0 spiro atoms. The quantitative estimate of drug-likeness (QED) is 0.855. The Labute approximate surface area is 116 Å². The Hall–Kier alpha value is -1.72. The van der Waals surface area contributed by atoms with Gasteiger partial charge in [0, 0.05) is 0 Å². The summed E-state index contributed by atoms with van der Waals surface area (Å²) in [6.45, 7) is 1.72. The van der Waals surface area contributed by atoms with Crippen LogP contribution in [0.5, 0.6) is 5.75 Å². The number of benzene rings is 2. The Balaban J connectivity index is 2.37. The zero-order valence-electron chi connectivity index (χ0n) is 10.1. The van der Waals surface area contributed by atoms with Crippen molar-refractivity contribution in [2.45, 2.75) is 11.8 Å². The van der Waals surface area contributed by atoms with E-state index < -0.39 is 10.0 Å². The van der Waals surface area contributed by atoms with Crippen LogP contribution in [-0.4, -0.2) is 13.5 Å². The normalized spacial score (nSPS) is 11.3. The van der Waals surface area contributed by atoms with Crippen molar-refractivity contribution in [2.75, 3.05) is 4.72 Å². The Morgan fingerprint density at radius 1 is 1.16 bits per heavy atom. The second kappa shape index (κ2) is 5.11. The number of nitrogens with one attached hydrogen (secondary N) is 1. The SMILES string of the molecule is Cc1ccccc1S(=O)(=O)Nc1ccc(O)c(Cl)c1. The van der Waals surface area contributed by atoms with Crippen molar-refractivity contribution in [2.24, 2.45) is 0 Å². The lowest BCUT2D eigenvalue weighted by Gasteiger charge is -2.10. The molecule has 2 rings (SSSR count). The lowest BCUT2D eigenvalue weighted by Crippen LogP contribution is -2.14. The molecule has 0 saturated carbocycles. The summed E-state index contributed by atoms with van der Waals surface area (Å²) in [6.07, 6.45) is 0. The standard InChI is InChI=1S/C13H12ClNO3S/c1-9-4-2-3-5-13(9)19(17,18)15-10-6-7-12(16)11(14)8-10/h2-8,15-16H,1H3. The van der Waals surface area contributed by atoms with Gasteiger partial charge in [0.1, 0.15) is 5.75 Å². The lowest BCUT2D eigenvalue weighted by atomic mass is 10.2. The van der Waals surface area contributed by atoms with Gasteiger partial charge in [-0.25, -0.2) is 8.42 Å². The number of sulfonamides is 1. The molecule has 0 unspecified atom stereocenters. The highest BCUT2D eigenvalue weighted by molar-refractivity contribution is 7.92. The molecule has 0 atom stereocenters. The highest BCUT2D eigenvalue weighted by Crippen LogP contribution is 2.27. The van der Waals surface area contributed by atoms with E-state index in [1.807, 2.05) is 0 Å². The molecule has 0 radical (unpaired) electrons. The highest BCUT2D eigenvalue weighted by Gasteiger charge is 2.16. The first kappa shape index (κ1) is 13.7. The Morgan fingerprint density at radius 2 is 1.84 bits per heavy atom. The summed E-state index contributed by atoms with van der Waals surface area (Å²) in [5, 5.41) is 9.38. The number of hydrogen-bond donors (Lipinski definition) is 2. The third kappa shape index (κ3) is 3.00. The number of hydrogen-bond acceptors (Lipinski definition) is 3. The van der Waals surface area contributed by atoms with Gasteiger partial charge in [0.05, 0.1) is 15.6 Å². The number of aryl methyl sites for hydroxylation is 1. The second-order valence-corrected chi connectivity index (χ2v) is 6.10. The molecule has 2 aromatic carbocycles. The number of halogens is 1. The van der Waals surface area contributed by atoms with Gasteiger partial charge in [-0.15, -0.1) is 0 Å². The molecule has 6 heteroatoms. The van der Waals surface area contributed by atoms with Crippen LogP contribution < -0.4 is 4.72 Å². The Kier molecular flexibility index (Phi) is 3.68. The fraction of sp³-hybridized carbons (Fsp3) is 0.0769. The van der Waals surface area contributed by atoms with Gasteiger partial charge in [-0.05, 0) is 36.8 Å². The molecule has 0 bridgehead atoms. The molecular weight excluding hydrogens is 286 g/mol. The van der Waals surface area contributed by atoms with Crippen LogP contribution >= 0.6 is 11.6 Å². The fourth-order valence-corrected chi connectivity index (χ4v) is 3.12. The van der Waals surface area contributed by atoms with E-state index in [2.05, 4.69) is 4.72 Å². The molecule has 0 fully saturated rings. The van der Waals surface area contributed by atoms with E-state index in [1.54, 1.807) is 25.1 Å². The second-order valence-electron chi connectivity index (χ2n) is 4.04. The van der Waals surface area contributed by atoms with E-state index in [4.69, 9.17) is 11.6 Å². The molecule has 2 aromatic rings. The molecular formula is C13H12ClNO3S. The molecule has 0 aliphatic carbocycles. The van der Waals surface area contributed by atoms with E-state index in [1.165, 1.54) is 24.3 Å². The van der Waals surface area contributed by atoms with Gasteiger partial charge in [-0.2, -0.15) is 0 Å². The number of rotatable bonds is 3. The van der Waals surface area contributed by atoms with E-state index in [0.717, 1.165) is 0 Å². The van der Waals surface area contributed by atoms with Crippen LogP contribution in [-0.2, 0) is 10.0 Å². The first-order valence-electron chi connectivity index (χ1n) is 5.47. The van der Waals surface area contributed by atoms with E-state index in [9.17, 15) is 13.5 Å². The monoisotopic (exact) mass is 297 g/mol. The fourth-order valence-electron chi connectivity index (χ4n) is 1.64. The average molecular weight is 298 g/mol. The van der Waals surface area contributed by atoms with Crippen LogP contribution in [0.3, 0.4) is 0 Å². The lowest BCUT2D eigenvalue weighted by molar-refractivity contribution is 0.475. The number of anilines is 1. The molecule has 4 nitrogen and oxygen atoms in total. The van der Waals surface area contributed by atoms with Crippen LogP contribution in [0.2, 0.25) is 5.02 Å². The van der Waals surface area contributed by atoms with Gasteiger partial charge in [-0.3, -0.25) is 4.72 Å². The minimum atomic E-state index is -3.66. The molecule has 19 heavy (non-hydrogen) atoms. The molecule has 0 aromatic heterocycles. The molecule has 0 aliphatic heterocycles. The third-order valence-corrected chi connectivity index (χ3v) is 4.43. The summed E-state index contributed by atoms with van der Waals surface area (Å²) in [5.74, 6) is -0.0968. The average Bonchev–Trinajstić information content (AvgIpc) is 2.34. The molecule has 0 aliphatic rings. The number of aromatic hydroxyl groups is 1. The predicted octanol–water partition coefficient (Wildman–Crippen LogP) is 3.15. The van der Waals surface area contributed by atoms with Gasteiger partial charge in [-0.1, -0.05) is 29.8 Å². The summed E-state index contributed by atoms with van der Waals surface area (Å²) in [4.78, 5) is 0.208. The third-order valence-electron chi connectivity index (χ3n) is 2.58. The van der Waals surface area contributed by atoms with Crippen molar-refractivity contribution in [1.82, 2.24) is 0 Å². The smallest absolute Gasteiger partial charge is 0.262 e. The summed E-state index contributed by atoms with van der Waals surface area (Å²) in [5.41, 5.74) is 0.950. The topological polar surface area (TPSA) is 66.4 Å². The van der Waals surface area contributed by atoms with Crippen molar-refractivity contribution in [3.05, 3.63) is 53.1 Å². The summed E-state index contributed by atoms with van der Waals surface area (Å²) in [7, 11) is -3.66. The maximum Gasteiger partial charge on any atom is 0.262 e. The van der Waals surface area contributed by atoms with Gasteiger partial charge in [0.25, 0.3) is 10.0 Å². The van der Waals surface area contributed by atoms with Gasteiger partial charge < -0.3 is 5.11 Å². The Bertz CT molecular complexity index is 714. The summed E-state index contributed by atoms with van der Waals surface area (Å²) >= 11 is 5.74. The number of phenols is 1. The zero-order valence-corrected chi connectivity index (χ0v) is 11.7. The van der Waals surface area contributed by atoms with Gasteiger partial charge >= 0.3 is 0 Å². The maximum atomic E-state index is 12.2. The molecule has 0 saturated heterocycles. The van der Waals surface area contributed by atoms with Gasteiger partial charge in [0.2, 0.25) is 0 Å². The predicted molar refractivity (Wildman–Crippen MR) is 75.1 cm³/mol. The maximum absolute atomic E-state index is 12.2. The molecule has 0 heterocycles. The van der Waals surface area contributed by atoms with Crippen LogP contribution in [0, 0.1) is 6.92 Å². The molecule has 100 valence electrons. The van der Waals surface area contributed by atoms with Crippen molar-refractivity contribution >= 4 is 27.3 Å². The summed E-state index contributed by atoms with van der Waals surface area (Å²) in [6, 6.07) is 10.8. The largest absolute Gasteiger partial charge is 0.506 e. The van der Waals surface area contributed by atoms with Crippen LogP contribution in [0.1, 0.15) is 5.56 Å². The zero-order chi connectivity index (χ0) is 14.0. The van der Waals surface area contributed by atoms with E-state index in [-0.39, 0.29) is 15.7 Å². The Morgan fingerprint density at radius 3 is 2.47 bits per heavy atom. The first-order chi connectivity index (χ1) is 8.90. The van der Waals surface area contributed by atoms with Crippen LogP contribution in [0.4, 0.5) is 5.69 Å². The molecule has 0 amide bonds. The minimum absolute atomic E-state index is 0.0879.